The standard InChI is InChI=1S/C9H17NOS2/c1-12-13-8-5-9(11)10-6-3-2-4-7-10/h2-8H2,1H3. The third kappa shape index (κ3) is 4.27. The molecule has 1 rings (SSSR count). The number of likely N-dealkylation sites (tertiary alicyclic amines) is 1. The molecule has 0 atom stereocenters. The summed E-state index contributed by atoms with van der Waals surface area (Å²) in [7, 11) is 3.51. The van der Waals surface area contributed by atoms with Crippen molar-refractivity contribution in [3.8, 4) is 0 Å². The van der Waals surface area contributed by atoms with E-state index in [9.17, 15) is 4.79 Å². The van der Waals surface area contributed by atoms with E-state index in [1.807, 2.05) is 4.90 Å². The molecule has 13 heavy (non-hydrogen) atoms. The Bertz CT molecular complexity index is 158. The van der Waals surface area contributed by atoms with Crippen molar-refractivity contribution in [2.75, 3.05) is 25.1 Å². The Morgan fingerprint density at radius 2 is 2.00 bits per heavy atom. The number of carbonyl (C=O) groups is 1. The lowest BCUT2D eigenvalue weighted by molar-refractivity contribution is -0.131. The SMILES string of the molecule is CSSCCC(=O)N1CCCCC1. The highest BCUT2D eigenvalue weighted by Gasteiger charge is 2.15. The van der Waals surface area contributed by atoms with Gasteiger partial charge < -0.3 is 4.90 Å². The fourth-order valence-electron chi connectivity index (χ4n) is 1.51. The third-order valence-corrected chi connectivity index (χ3v) is 4.04. The van der Waals surface area contributed by atoms with Gasteiger partial charge in [-0.25, -0.2) is 0 Å². The van der Waals surface area contributed by atoms with Gasteiger partial charge >= 0.3 is 0 Å². The molecule has 4 heteroatoms. The summed E-state index contributed by atoms with van der Waals surface area (Å²) in [5.74, 6) is 1.30. The third-order valence-electron chi connectivity index (χ3n) is 2.23. The smallest absolute Gasteiger partial charge is 0.223 e. The maximum Gasteiger partial charge on any atom is 0.223 e. The van der Waals surface area contributed by atoms with Crippen LogP contribution in [-0.2, 0) is 4.79 Å². The summed E-state index contributed by atoms with van der Waals surface area (Å²) in [4.78, 5) is 13.6. The predicted molar refractivity (Wildman–Crippen MR) is 61.0 cm³/mol. The molecule has 0 aliphatic carbocycles. The van der Waals surface area contributed by atoms with Gasteiger partial charge in [-0.3, -0.25) is 4.79 Å². The van der Waals surface area contributed by atoms with E-state index in [0.29, 0.717) is 12.3 Å². The molecule has 0 aromatic rings. The summed E-state index contributed by atoms with van der Waals surface area (Å²) in [6.07, 6.45) is 6.45. The van der Waals surface area contributed by atoms with Crippen LogP contribution < -0.4 is 0 Å². The van der Waals surface area contributed by atoms with Crippen molar-refractivity contribution in [1.82, 2.24) is 4.90 Å². The van der Waals surface area contributed by atoms with Crippen LogP contribution in [0.1, 0.15) is 25.7 Å². The van der Waals surface area contributed by atoms with E-state index in [2.05, 4.69) is 6.26 Å². The molecule has 0 saturated carbocycles. The summed E-state index contributed by atoms with van der Waals surface area (Å²) in [5.41, 5.74) is 0. The van der Waals surface area contributed by atoms with Gasteiger partial charge in [0.2, 0.25) is 5.91 Å². The first kappa shape index (κ1) is 11.2. The zero-order valence-corrected chi connectivity index (χ0v) is 9.75. The number of hydrogen-bond donors (Lipinski definition) is 0. The first-order chi connectivity index (χ1) is 6.34. The Balaban J connectivity index is 2.13. The van der Waals surface area contributed by atoms with Gasteiger partial charge in [0.05, 0.1) is 0 Å². The summed E-state index contributed by atoms with van der Waals surface area (Å²) in [6.45, 7) is 1.98. The van der Waals surface area contributed by atoms with Gasteiger partial charge in [0, 0.05) is 25.3 Å². The Morgan fingerprint density at radius 1 is 1.31 bits per heavy atom. The van der Waals surface area contributed by atoms with Crippen LogP contribution in [0.3, 0.4) is 0 Å². The molecule has 0 unspecified atom stereocenters. The summed E-state index contributed by atoms with van der Waals surface area (Å²) >= 11 is 0. The van der Waals surface area contributed by atoms with E-state index in [0.717, 1.165) is 18.8 Å². The van der Waals surface area contributed by atoms with Crippen LogP contribution in [-0.4, -0.2) is 35.9 Å². The lowest BCUT2D eigenvalue weighted by Crippen LogP contribution is -2.35. The average molecular weight is 219 g/mol. The molecule has 76 valence electrons. The van der Waals surface area contributed by atoms with Gasteiger partial charge in [0.25, 0.3) is 0 Å². The zero-order valence-electron chi connectivity index (χ0n) is 8.12. The second kappa shape index (κ2) is 6.60. The molecule has 1 fully saturated rings. The van der Waals surface area contributed by atoms with Crippen molar-refractivity contribution >= 4 is 27.5 Å². The highest BCUT2D eigenvalue weighted by molar-refractivity contribution is 8.76. The van der Waals surface area contributed by atoms with E-state index in [1.165, 1.54) is 19.3 Å². The number of hydrogen-bond acceptors (Lipinski definition) is 3. The minimum atomic E-state index is 0.348. The Kier molecular flexibility index (Phi) is 5.71. The number of amides is 1. The predicted octanol–water partition coefficient (Wildman–Crippen LogP) is 2.40. The minimum absolute atomic E-state index is 0.348. The highest BCUT2D eigenvalue weighted by Crippen LogP contribution is 2.18. The second-order valence-corrected chi connectivity index (χ2v) is 5.86. The number of rotatable bonds is 4. The molecular weight excluding hydrogens is 202 g/mol. The van der Waals surface area contributed by atoms with Gasteiger partial charge in [0.1, 0.15) is 0 Å². The molecule has 0 aromatic heterocycles. The number of carbonyl (C=O) groups excluding carboxylic acids is 1. The maximum atomic E-state index is 11.6. The molecule has 0 aromatic carbocycles. The van der Waals surface area contributed by atoms with Crippen molar-refractivity contribution in [1.29, 1.82) is 0 Å². The first-order valence-electron chi connectivity index (χ1n) is 4.78. The van der Waals surface area contributed by atoms with Crippen LogP contribution in [0.4, 0.5) is 0 Å². The molecule has 1 amide bonds. The van der Waals surface area contributed by atoms with Gasteiger partial charge in [-0.05, 0) is 25.5 Å². The quantitative estimate of drug-likeness (QED) is 0.535. The average Bonchev–Trinajstić information content (AvgIpc) is 2.19. The molecular formula is C9H17NOS2. The van der Waals surface area contributed by atoms with E-state index in [1.54, 1.807) is 21.6 Å². The van der Waals surface area contributed by atoms with E-state index >= 15 is 0 Å². The molecule has 0 N–H and O–H groups in total. The lowest BCUT2D eigenvalue weighted by Gasteiger charge is -2.26. The van der Waals surface area contributed by atoms with Gasteiger partial charge in [-0.2, -0.15) is 0 Å². The van der Waals surface area contributed by atoms with Gasteiger partial charge in [0.15, 0.2) is 0 Å². The zero-order chi connectivity index (χ0) is 9.52. The molecule has 1 heterocycles. The number of nitrogens with zero attached hydrogens (tertiary/aromatic N) is 1. The van der Waals surface area contributed by atoms with Crippen molar-refractivity contribution in [3.05, 3.63) is 0 Å². The van der Waals surface area contributed by atoms with Crippen LogP contribution in [0, 0.1) is 0 Å². The molecule has 1 aliphatic rings. The van der Waals surface area contributed by atoms with Crippen LogP contribution in [0.5, 0.6) is 0 Å². The topological polar surface area (TPSA) is 20.3 Å². The van der Waals surface area contributed by atoms with Crippen LogP contribution in [0.15, 0.2) is 0 Å². The van der Waals surface area contributed by atoms with E-state index in [4.69, 9.17) is 0 Å². The van der Waals surface area contributed by atoms with Crippen molar-refractivity contribution in [2.45, 2.75) is 25.7 Å². The Labute approximate surface area is 88.2 Å². The van der Waals surface area contributed by atoms with Crippen LogP contribution >= 0.6 is 21.6 Å². The monoisotopic (exact) mass is 219 g/mol. The Morgan fingerprint density at radius 3 is 2.62 bits per heavy atom. The van der Waals surface area contributed by atoms with E-state index < -0.39 is 0 Å². The van der Waals surface area contributed by atoms with E-state index in [-0.39, 0.29) is 0 Å². The summed E-state index contributed by atoms with van der Waals surface area (Å²) in [6, 6.07) is 0. The minimum Gasteiger partial charge on any atom is -0.343 e. The Hall–Kier alpha value is 0.170. The molecule has 1 saturated heterocycles. The second-order valence-electron chi connectivity index (χ2n) is 3.18. The normalized spacial score (nSPS) is 17.5. The summed E-state index contributed by atoms with van der Waals surface area (Å²) in [5, 5.41) is 0. The fourth-order valence-corrected chi connectivity index (χ4v) is 2.69. The summed E-state index contributed by atoms with van der Waals surface area (Å²) < 4.78 is 0. The number of piperidine rings is 1. The van der Waals surface area contributed by atoms with Crippen molar-refractivity contribution in [2.24, 2.45) is 0 Å². The highest BCUT2D eigenvalue weighted by atomic mass is 33.1. The van der Waals surface area contributed by atoms with Gasteiger partial charge in [-0.1, -0.05) is 21.6 Å². The molecule has 1 aliphatic heterocycles. The van der Waals surface area contributed by atoms with Crippen LogP contribution in [0.2, 0.25) is 0 Å². The van der Waals surface area contributed by atoms with Crippen molar-refractivity contribution in [3.63, 3.8) is 0 Å². The maximum absolute atomic E-state index is 11.6. The largest absolute Gasteiger partial charge is 0.343 e. The molecule has 0 radical (unpaired) electrons. The van der Waals surface area contributed by atoms with Crippen LogP contribution in [0.25, 0.3) is 0 Å². The fraction of sp³-hybridized carbons (Fsp3) is 0.889. The molecule has 2 nitrogen and oxygen atoms in total. The molecule has 0 spiro atoms. The first-order valence-corrected chi connectivity index (χ1v) is 7.50. The molecule has 0 bridgehead atoms. The van der Waals surface area contributed by atoms with Gasteiger partial charge in [-0.15, -0.1) is 0 Å². The lowest BCUT2D eigenvalue weighted by atomic mass is 10.1. The van der Waals surface area contributed by atoms with Crippen molar-refractivity contribution < 1.29 is 4.79 Å².